The zero-order valence-electron chi connectivity index (χ0n) is 18.2. The lowest BCUT2D eigenvalue weighted by Crippen LogP contribution is -2.31. The molecule has 0 aliphatic carbocycles. The van der Waals surface area contributed by atoms with Gasteiger partial charge < -0.3 is 25.0 Å². The molecule has 0 saturated heterocycles. The Labute approximate surface area is 188 Å². The first-order chi connectivity index (χ1) is 15.5. The number of pyridine rings is 1. The van der Waals surface area contributed by atoms with E-state index in [4.69, 9.17) is 9.84 Å². The Morgan fingerprint density at radius 2 is 1.91 bits per heavy atom. The number of halogens is 3. The Morgan fingerprint density at radius 3 is 2.45 bits per heavy atom. The van der Waals surface area contributed by atoms with Gasteiger partial charge >= 0.3 is 12.1 Å². The van der Waals surface area contributed by atoms with E-state index in [0.29, 0.717) is 11.3 Å². The highest BCUT2D eigenvalue weighted by molar-refractivity contribution is 6.08. The lowest BCUT2D eigenvalue weighted by Gasteiger charge is -2.17. The first kappa shape index (κ1) is 24.1. The molecule has 0 fully saturated rings. The van der Waals surface area contributed by atoms with Crippen molar-refractivity contribution in [1.82, 2.24) is 9.88 Å². The number of nitrogens with zero attached hydrogens (tertiary/aromatic N) is 3. The van der Waals surface area contributed by atoms with E-state index in [0.717, 1.165) is 12.1 Å². The number of aromatic nitrogens is 1. The van der Waals surface area contributed by atoms with Gasteiger partial charge in [0.25, 0.3) is 5.91 Å². The summed E-state index contributed by atoms with van der Waals surface area (Å²) in [6, 6.07) is 8.21. The van der Waals surface area contributed by atoms with E-state index in [9.17, 15) is 22.8 Å². The smallest absolute Gasteiger partial charge is 0.416 e. The molecule has 1 aliphatic heterocycles. The van der Waals surface area contributed by atoms with E-state index in [1.54, 1.807) is 38.4 Å². The van der Waals surface area contributed by atoms with Gasteiger partial charge in [-0.3, -0.25) is 4.79 Å². The molecule has 3 rings (SSSR count). The van der Waals surface area contributed by atoms with E-state index >= 15 is 0 Å². The fourth-order valence-electron chi connectivity index (χ4n) is 3.27. The highest BCUT2D eigenvalue weighted by Crippen LogP contribution is 2.34. The summed E-state index contributed by atoms with van der Waals surface area (Å²) in [4.78, 5) is 31.8. The number of benzene rings is 1. The summed E-state index contributed by atoms with van der Waals surface area (Å²) in [7, 11) is 4.40. The number of carbonyl (C=O) groups excluding carboxylic acids is 2. The molecule has 0 unspecified atom stereocenters. The summed E-state index contributed by atoms with van der Waals surface area (Å²) in [5.41, 5.74) is 0.350. The first-order valence-corrected chi connectivity index (χ1v) is 9.90. The van der Waals surface area contributed by atoms with Gasteiger partial charge in [0.15, 0.2) is 0 Å². The highest BCUT2D eigenvalue weighted by atomic mass is 19.4. The minimum absolute atomic E-state index is 0.00600. The molecule has 2 N–H and O–H groups in total. The Kier molecular flexibility index (Phi) is 6.92. The van der Waals surface area contributed by atoms with Crippen LogP contribution in [0.1, 0.15) is 5.56 Å². The van der Waals surface area contributed by atoms with Crippen molar-refractivity contribution in [3.63, 3.8) is 0 Å². The van der Waals surface area contributed by atoms with E-state index < -0.39 is 23.6 Å². The lowest BCUT2D eigenvalue weighted by atomic mass is 10.1. The number of amides is 1. The second-order valence-electron chi connectivity index (χ2n) is 7.49. The van der Waals surface area contributed by atoms with Crippen molar-refractivity contribution in [1.29, 1.82) is 0 Å². The van der Waals surface area contributed by atoms with Gasteiger partial charge in [0.1, 0.15) is 11.5 Å². The van der Waals surface area contributed by atoms with Crippen LogP contribution in [-0.4, -0.2) is 67.8 Å². The van der Waals surface area contributed by atoms with E-state index in [2.05, 4.69) is 10.3 Å². The maximum absolute atomic E-state index is 13.3. The van der Waals surface area contributed by atoms with Gasteiger partial charge in [-0.05, 0) is 24.3 Å². The summed E-state index contributed by atoms with van der Waals surface area (Å²) in [5.74, 6) is -0.980. The van der Waals surface area contributed by atoms with Crippen LogP contribution in [0, 0.1) is 0 Å². The lowest BCUT2D eigenvalue weighted by molar-refractivity contribution is -0.138. The number of alkyl halides is 3. The molecule has 1 aromatic heterocycles. The third kappa shape index (κ3) is 5.25. The molecule has 0 radical (unpaired) electrons. The number of aliphatic hydroxyl groups excluding tert-OH is 1. The predicted molar refractivity (Wildman–Crippen MR) is 115 cm³/mol. The van der Waals surface area contributed by atoms with Gasteiger partial charge in [-0.2, -0.15) is 13.2 Å². The number of methoxy groups -OCH3 is 1. The zero-order valence-corrected chi connectivity index (χ0v) is 18.2. The molecule has 1 aromatic carbocycles. The number of anilines is 2. The Bertz CT molecular complexity index is 1080. The molecule has 11 heteroatoms. The molecule has 0 bridgehead atoms. The van der Waals surface area contributed by atoms with Gasteiger partial charge in [-0.15, -0.1) is 0 Å². The molecule has 176 valence electrons. The van der Waals surface area contributed by atoms with Gasteiger partial charge in [-0.1, -0.05) is 12.1 Å². The second kappa shape index (κ2) is 9.49. The largest absolute Gasteiger partial charge is 0.466 e. The third-order valence-electron chi connectivity index (χ3n) is 5.00. The number of nitrogens with one attached hydrogen (secondary N) is 1. The summed E-state index contributed by atoms with van der Waals surface area (Å²) in [6.45, 7) is -0.214. The van der Waals surface area contributed by atoms with E-state index in [1.807, 2.05) is 0 Å². The Hall–Kier alpha value is -3.60. The highest BCUT2D eigenvalue weighted by Gasteiger charge is 2.34. The predicted octanol–water partition coefficient (Wildman–Crippen LogP) is 2.51. The maximum atomic E-state index is 13.3. The number of aliphatic hydroxyl groups is 1. The number of hydrogen-bond acceptors (Lipinski definition) is 7. The van der Waals surface area contributed by atoms with Crippen LogP contribution in [0.3, 0.4) is 0 Å². The zero-order chi connectivity index (χ0) is 24.3. The Balaban J connectivity index is 1.91. The molecule has 8 nitrogen and oxygen atoms in total. The van der Waals surface area contributed by atoms with Gasteiger partial charge in [0.05, 0.1) is 37.1 Å². The molecule has 2 heterocycles. The summed E-state index contributed by atoms with van der Waals surface area (Å²) >= 11 is 0. The summed E-state index contributed by atoms with van der Waals surface area (Å²) < 4.78 is 44.7. The van der Waals surface area contributed by atoms with Crippen molar-refractivity contribution in [2.24, 2.45) is 0 Å². The molecule has 0 saturated carbocycles. The van der Waals surface area contributed by atoms with Crippen molar-refractivity contribution >= 4 is 23.4 Å². The van der Waals surface area contributed by atoms with Crippen molar-refractivity contribution in [3.05, 3.63) is 53.2 Å². The summed E-state index contributed by atoms with van der Waals surface area (Å²) in [5, 5.41) is 12.0. The van der Waals surface area contributed by atoms with Crippen LogP contribution in [0.25, 0.3) is 11.3 Å². The minimum atomic E-state index is -4.52. The van der Waals surface area contributed by atoms with Crippen LogP contribution in [0.2, 0.25) is 0 Å². The van der Waals surface area contributed by atoms with Crippen LogP contribution >= 0.6 is 0 Å². The molecule has 0 spiro atoms. The fourth-order valence-corrected chi connectivity index (χ4v) is 3.27. The molecule has 1 amide bonds. The molecule has 1 aliphatic rings. The van der Waals surface area contributed by atoms with Gasteiger partial charge in [-0.25, -0.2) is 9.78 Å². The van der Waals surface area contributed by atoms with Crippen molar-refractivity contribution in [3.8, 4) is 11.3 Å². The van der Waals surface area contributed by atoms with Gasteiger partial charge in [0, 0.05) is 31.9 Å². The monoisotopic (exact) mass is 464 g/mol. The topological polar surface area (TPSA) is 95.0 Å². The molecular weight excluding hydrogens is 441 g/mol. The standard InChI is InChI=1S/C22H23F3N4O4/c1-28(2)18-11-14(22(23,24)25)10-17(27-18)13-4-6-15(7-5-13)26-19-16(21(32)33-3)12-29(8-9-30)20(19)31/h4-7,10-11,26,30H,8-9,12H2,1-3H3. The minimum Gasteiger partial charge on any atom is -0.466 e. The maximum Gasteiger partial charge on any atom is 0.416 e. The van der Waals surface area contributed by atoms with Crippen LogP contribution in [0.5, 0.6) is 0 Å². The number of ether oxygens (including phenoxy) is 1. The molecule has 33 heavy (non-hydrogen) atoms. The average molecular weight is 464 g/mol. The normalized spacial score (nSPS) is 14.0. The number of rotatable bonds is 7. The van der Waals surface area contributed by atoms with Crippen LogP contribution < -0.4 is 10.2 Å². The SMILES string of the molecule is COC(=O)C1=C(Nc2ccc(-c3cc(C(F)(F)F)cc(N(C)C)n3)cc2)C(=O)N(CCO)C1. The van der Waals surface area contributed by atoms with Crippen molar-refractivity contribution in [2.45, 2.75) is 6.18 Å². The summed E-state index contributed by atoms with van der Waals surface area (Å²) in [6.07, 6.45) is -4.52. The van der Waals surface area contributed by atoms with Crippen LogP contribution in [-0.2, 0) is 20.5 Å². The second-order valence-corrected chi connectivity index (χ2v) is 7.49. The number of esters is 1. The number of hydrogen-bond donors (Lipinski definition) is 2. The molecule has 0 atom stereocenters. The van der Waals surface area contributed by atoms with Crippen molar-refractivity contribution < 1.29 is 32.6 Å². The van der Waals surface area contributed by atoms with Crippen LogP contribution in [0.15, 0.2) is 47.7 Å². The van der Waals surface area contributed by atoms with E-state index in [-0.39, 0.29) is 42.5 Å². The quantitative estimate of drug-likeness (QED) is 0.608. The average Bonchev–Trinajstić information content (AvgIpc) is 3.08. The third-order valence-corrected chi connectivity index (χ3v) is 5.00. The Morgan fingerprint density at radius 1 is 1.24 bits per heavy atom. The van der Waals surface area contributed by atoms with Gasteiger partial charge in [0.2, 0.25) is 0 Å². The number of β-amino-alcohol motifs (C(OH)–C–C–N with tert-alkyl or cyclic N) is 1. The number of carbonyl (C=O) groups is 2. The van der Waals surface area contributed by atoms with Crippen molar-refractivity contribution in [2.75, 3.05) is 51.1 Å². The fraction of sp³-hybridized carbons (Fsp3) is 0.318. The molecular formula is C22H23F3N4O4. The van der Waals surface area contributed by atoms with E-state index in [1.165, 1.54) is 16.9 Å². The first-order valence-electron chi connectivity index (χ1n) is 9.90. The van der Waals surface area contributed by atoms with Crippen LogP contribution in [0.4, 0.5) is 24.7 Å². The molecule has 2 aromatic rings.